The van der Waals surface area contributed by atoms with Gasteiger partial charge in [0.2, 0.25) is 0 Å². The highest BCUT2D eigenvalue weighted by molar-refractivity contribution is 5.87. The number of amides is 1. The number of aliphatic hydroxyl groups excluding tert-OH is 1. The average Bonchev–Trinajstić information content (AvgIpc) is 2.56. The Bertz CT molecular complexity index is 772. The van der Waals surface area contributed by atoms with Crippen LogP contribution in [0.4, 0.5) is 83.4 Å². The van der Waals surface area contributed by atoms with Crippen molar-refractivity contribution >= 4 is 5.91 Å². The summed E-state index contributed by atoms with van der Waals surface area (Å²) in [6.07, 6.45) is -47.5. The average molecular weight is 575 g/mol. The summed E-state index contributed by atoms with van der Waals surface area (Å²) < 4.78 is 247. The molecule has 0 aliphatic heterocycles. The first-order chi connectivity index (χ1) is 14.9. The van der Waals surface area contributed by atoms with E-state index in [-0.39, 0.29) is 5.32 Å². The maximum atomic E-state index is 13.8. The van der Waals surface area contributed by atoms with Gasteiger partial charge in [0, 0.05) is 0 Å². The fourth-order valence-electron chi connectivity index (χ4n) is 1.60. The second-order valence-electron chi connectivity index (χ2n) is 5.74. The van der Waals surface area contributed by atoms with E-state index in [2.05, 4.69) is 0 Å². The lowest BCUT2D eigenvalue weighted by molar-refractivity contribution is -0.556. The number of hydrogen-bond acceptors (Lipinski definition) is 4. The van der Waals surface area contributed by atoms with E-state index in [0.717, 1.165) is 4.74 Å². The Balaban J connectivity index is 6.85. The molecule has 0 fully saturated rings. The summed E-state index contributed by atoms with van der Waals surface area (Å²) in [5, 5.41) is 8.25. The SMILES string of the molecule is O=C(NCO)C(F)(C(F)(F)F)C(F)(F)OC(F)(F)C(F)(OC(F)(F)C(F)(F)C(F)(F)F)C(F)(F)F. The summed E-state index contributed by atoms with van der Waals surface area (Å²) in [7, 11) is 0. The molecule has 5 nitrogen and oxygen atoms in total. The third-order valence-corrected chi connectivity index (χ3v) is 3.33. The Kier molecular flexibility index (Phi) is 8.34. The Labute approximate surface area is 176 Å². The summed E-state index contributed by atoms with van der Waals surface area (Å²) in [6, 6.07) is 0. The Morgan fingerprint density at radius 3 is 1.26 bits per heavy atom. The molecule has 0 saturated carbocycles. The summed E-state index contributed by atoms with van der Waals surface area (Å²) in [6.45, 7) is -2.22. The molecule has 35 heavy (non-hydrogen) atoms. The molecule has 0 radical (unpaired) electrons. The predicted octanol–water partition coefficient (Wildman–Crippen LogP) is 4.56. The van der Waals surface area contributed by atoms with E-state index in [1.807, 2.05) is 0 Å². The molecule has 0 aromatic heterocycles. The van der Waals surface area contributed by atoms with E-state index in [0.29, 0.717) is 0 Å². The van der Waals surface area contributed by atoms with Gasteiger partial charge in [-0.25, -0.2) is 9.13 Å². The molecule has 0 aliphatic carbocycles. The van der Waals surface area contributed by atoms with Crippen LogP contribution in [0.1, 0.15) is 0 Å². The molecule has 0 aliphatic rings. The Morgan fingerprint density at radius 2 is 0.971 bits per heavy atom. The van der Waals surface area contributed by atoms with E-state index in [1.165, 1.54) is 4.74 Å². The monoisotopic (exact) mass is 575 g/mol. The molecule has 0 aromatic carbocycles. The van der Waals surface area contributed by atoms with E-state index < -0.39 is 66.9 Å². The largest absolute Gasteiger partial charge is 0.462 e. The van der Waals surface area contributed by atoms with Gasteiger partial charge < -0.3 is 10.4 Å². The Morgan fingerprint density at radius 1 is 0.571 bits per heavy atom. The second-order valence-corrected chi connectivity index (χ2v) is 5.74. The van der Waals surface area contributed by atoms with Crippen LogP contribution in [0.2, 0.25) is 0 Å². The minimum absolute atomic E-state index is 0.154. The fourth-order valence-corrected chi connectivity index (χ4v) is 1.60. The molecule has 0 aromatic rings. The summed E-state index contributed by atoms with van der Waals surface area (Å²) in [4.78, 5) is 10.9. The zero-order valence-corrected chi connectivity index (χ0v) is 15.1. The molecule has 0 saturated heterocycles. The number of rotatable bonds is 9. The molecule has 0 bridgehead atoms. The Hall–Kier alpha value is -1.98. The van der Waals surface area contributed by atoms with Gasteiger partial charge in [-0.05, 0) is 0 Å². The van der Waals surface area contributed by atoms with Gasteiger partial charge in [0.1, 0.15) is 6.73 Å². The van der Waals surface area contributed by atoms with Gasteiger partial charge in [0.05, 0.1) is 0 Å². The number of carbonyl (C=O) groups is 1. The standard InChI is InChI=1S/C11H4F19NO4/c12-3(6(16,17)18,2(33)31-1-32)9(25,26)35-11(29,30)5(15,8(22,23)24)34-10(27,28)4(13,14)7(19,20)21/h32H,1H2,(H,31,33). The van der Waals surface area contributed by atoms with Gasteiger partial charge in [0.15, 0.2) is 0 Å². The first kappa shape index (κ1) is 33.0. The molecule has 1 amide bonds. The van der Waals surface area contributed by atoms with Crippen LogP contribution in [-0.4, -0.2) is 72.0 Å². The molecule has 2 N–H and O–H groups in total. The number of halogens is 19. The molecular weight excluding hydrogens is 571 g/mol. The van der Waals surface area contributed by atoms with Crippen molar-refractivity contribution < 1.29 is 103 Å². The number of carbonyl (C=O) groups excluding carboxylic acids is 1. The quantitative estimate of drug-likeness (QED) is 0.313. The number of alkyl halides is 19. The van der Waals surface area contributed by atoms with Crippen molar-refractivity contribution in [2.24, 2.45) is 0 Å². The van der Waals surface area contributed by atoms with E-state index in [1.54, 1.807) is 0 Å². The van der Waals surface area contributed by atoms with Gasteiger partial charge >= 0.3 is 54.3 Å². The fraction of sp³-hybridized carbons (Fsp3) is 0.909. The minimum Gasteiger partial charge on any atom is -0.376 e. The van der Waals surface area contributed by atoms with Crippen molar-refractivity contribution in [1.82, 2.24) is 5.32 Å². The van der Waals surface area contributed by atoms with Gasteiger partial charge in [-0.2, -0.15) is 79.0 Å². The number of aliphatic hydroxyl groups is 1. The van der Waals surface area contributed by atoms with Crippen LogP contribution in [0.5, 0.6) is 0 Å². The lowest BCUT2D eigenvalue weighted by Gasteiger charge is -2.40. The highest BCUT2D eigenvalue weighted by Gasteiger charge is 2.87. The van der Waals surface area contributed by atoms with Crippen molar-refractivity contribution in [3.8, 4) is 0 Å². The van der Waals surface area contributed by atoms with Crippen molar-refractivity contribution in [2.75, 3.05) is 6.73 Å². The number of hydrogen-bond donors (Lipinski definition) is 2. The molecule has 2 atom stereocenters. The molecule has 0 heterocycles. The van der Waals surface area contributed by atoms with Crippen molar-refractivity contribution in [2.45, 2.75) is 54.3 Å². The van der Waals surface area contributed by atoms with Crippen molar-refractivity contribution in [3.63, 3.8) is 0 Å². The number of nitrogens with one attached hydrogen (secondary N) is 1. The van der Waals surface area contributed by atoms with E-state index in [9.17, 15) is 88.2 Å². The predicted molar refractivity (Wildman–Crippen MR) is 63.0 cm³/mol. The summed E-state index contributed by atoms with van der Waals surface area (Å²) in [5.74, 6) is -20.2. The van der Waals surface area contributed by atoms with Crippen LogP contribution in [0.25, 0.3) is 0 Å². The van der Waals surface area contributed by atoms with E-state index in [4.69, 9.17) is 5.11 Å². The molecule has 2 unspecified atom stereocenters. The summed E-state index contributed by atoms with van der Waals surface area (Å²) >= 11 is 0. The third kappa shape index (κ3) is 5.41. The molecule has 210 valence electrons. The lowest BCUT2D eigenvalue weighted by Crippen LogP contribution is -2.70. The maximum Gasteiger partial charge on any atom is 0.462 e. The smallest absolute Gasteiger partial charge is 0.376 e. The third-order valence-electron chi connectivity index (χ3n) is 3.33. The molecular formula is C11H4F19NO4. The van der Waals surface area contributed by atoms with Gasteiger partial charge in [-0.15, -0.1) is 0 Å². The highest BCUT2D eigenvalue weighted by Crippen LogP contribution is 2.57. The van der Waals surface area contributed by atoms with Crippen LogP contribution in [-0.2, 0) is 14.3 Å². The number of ether oxygens (including phenoxy) is 2. The topological polar surface area (TPSA) is 67.8 Å². The zero-order chi connectivity index (χ0) is 28.9. The maximum absolute atomic E-state index is 13.8. The zero-order valence-electron chi connectivity index (χ0n) is 15.1. The first-order valence-electron chi connectivity index (χ1n) is 7.28. The normalized spacial score (nSPS) is 18.6. The van der Waals surface area contributed by atoms with Gasteiger partial charge in [0.25, 0.3) is 5.91 Å². The van der Waals surface area contributed by atoms with Crippen LogP contribution >= 0.6 is 0 Å². The van der Waals surface area contributed by atoms with Gasteiger partial charge in [-0.3, -0.25) is 9.53 Å². The van der Waals surface area contributed by atoms with Crippen LogP contribution in [0.3, 0.4) is 0 Å². The summed E-state index contributed by atoms with van der Waals surface area (Å²) in [5.41, 5.74) is -7.31. The highest BCUT2D eigenvalue weighted by atomic mass is 19.4. The van der Waals surface area contributed by atoms with Crippen LogP contribution in [0, 0.1) is 0 Å². The van der Waals surface area contributed by atoms with Crippen LogP contribution < -0.4 is 5.32 Å². The van der Waals surface area contributed by atoms with Crippen molar-refractivity contribution in [3.05, 3.63) is 0 Å². The first-order valence-corrected chi connectivity index (χ1v) is 7.28. The van der Waals surface area contributed by atoms with Gasteiger partial charge in [-0.1, -0.05) is 0 Å². The van der Waals surface area contributed by atoms with Crippen molar-refractivity contribution in [1.29, 1.82) is 0 Å². The second kappa shape index (κ2) is 8.85. The lowest BCUT2D eigenvalue weighted by atomic mass is 10.0. The molecule has 0 spiro atoms. The molecule has 0 rings (SSSR count). The molecule has 24 heteroatoms. The minimum atomic E-state index is -8.30. The van der Waals surface area contributed by atoms with E-state index >= 15 is 0 Å². The van der Waals surface area contributed by atoms with Crippen LogP contribution in [0.15, 0.2) is 0 Å².